The van der Waals surface area contributed by atoms with Crippen LogP contribution >= 0.6 is 0 Å². The van der Waals surface area contributed by atoms with Gasteiger partial charge in [0.2, 0.25) is 5.78 Å². The third-order valence-corrected chi connectivity index (χ3v) is 5.96. The first-order chi connectivity index (χ1) is 14.2. The van der Waals surface area contributed by atoms with Crippen LogP contribution in [0.3, 0.4) is 0 Å². The molecule has 2 aliphatic rings. The lowest BCUT2D eigenvalue weighted by Crippen LogP contribution is -2.46. The van der Waals surface area contributed by atoms with Gasteiger partial charge in [-0.25, -0.2) is 0 Å². The van der Waals surface area contributed by atoms with Crippen LogP contribution in [0.25, 0.3) is 0 Å². The van der Waals surface area contributed by atoms with E-state index in [0.29, 0.717) is 0 Å². The fourth-order valence-corrected chi connectivity index (χ4v) is 4.41. The molecule has 0 aliphatic heterocycles. The van der Waals surface area contributed by atoms with E-state index < -0.39 is 58.3 Å². The van der Waals surface area contributed by atoms with Crippen LogP contribution in [0.2, 0.25) is 0 Å². The van der Waals surface area contributed by atoms with Gasteiger partial charge in [-0.15, -0.1) is 0 Å². The average Bonchev–Trinajstić information content (AvgIpc) is 2.70. The second-order valence-corrected chi connectivity index (χ2v) is 7.48. The van der Waals surface area contributed by atoms with Gasteiger partial charge in [-0.05, 0) is 24.1 Å². The molecular formula is C22H18O8. The number of fused-ring (bicyclic) bond motifs is 3. The van der Waals surface area contributed by atoms with E-state index >= 15 is 0 Å². The molecule has 8 heteroatoms. The fraction of sp³-hybridized carbons (Fsp3) is 0.273. The third-order valence-electron chi connectivity index (χ3n) is 5.96. The van der Waals surface area contributed by atoms with Crippen LogP contribution in [0.4, 0.5) is 0 Å². The number of ketones is 3. The van der Waals surface area contributed by atoms with Crippen LogP contribution in [0, 0.1) is 0 Å². The first-order valence-corrected chi connectivity index (χ1v) is 9.30. The number of benzene rings is 2. The van der Waals surface area contributed by atoms with Gasteiger partial charge in [-0.2, -0.15) is 0 Å². The number of esters is 1. The molecule has 0 fully saturated rings. The summed E-state index contributed by atoms with van der Waals surface area (Å²) >= 11 is 0. The number of hydrogen-bond acceptors (Lipinski definition) is 8. The Kier molecular flexibility index (Phi) is 4.28. The van der Waals surface area contributed by atoms with Gasteiger partial charge in [0.15, 0.2) is 11.6 Å². The Labute approximate surface area is 170 Å². The Bertz CT molecular complexity index is 1160. The Morgan fingerprint density at radius 2 is 1.80 bits per heavy atom. The first-order valence-electron chi connectivity index (χ1n) is 9.30. The summed E-state index contributed by atoms with van der Waals surface area (Å²) in [5.74, 6) is -5.46. The molecule has 0 saturated carbocycles. The Morgan fingerprint density at radius 1 is 1.10 bits per heavy atom. The van der Waals surface area contributed by atoms with Crippen molar-refractivity contribution in [2.45, 2.75) is 31.3 Å². The minimum atomic E-state index is -1.77. The zero-order chi connectivity index (χ0) is 22.0. The highest BCUT2D eigenvalue weighted by Gasteiger charge is 2.51. The number of carbonyl (C=O) groups excluding carboxylic acids is 4. The maximum absolute atomic E-state index is 13.1. The summed E-state index contributed by atoms with van der Waals surface area (Å²) in [6.07, 6.45) is -0.425. The number of ether oxygens (including phenoxy) is 1. The summed E-state index contributed by atoms with van der Waals surface area (Å²) in [6.45, 7) is 1.60. The zero-order valence-electron chi connectivity index (χ0n) is 16.2. The normalized spacial score (nSPS) is 22.2. The molecule has 8 nitrogen and oxygen atoms in total. The van der Waals surface area contributed by atoms with Crippen molar-refractivity contribution >= 4 is 23.3 Å². The molecular weight excluding hydrogens is 392 g/mol. The monoisotopic (exact) mass is 410 g/mol. The molecule has 0 saturated heterocycles. The number of rotatable bonds is 2. The first kappa shape index (κ1) is 19.8. The smallest absolute Gasteiger partial charge is 0.316 e. The van der Waals surface area contributed by atoms with Crippen molar-refractivity contribution in [3.63, 3.8) is 0 Å². The average molecular weight is 410 g/mol. The molecule has 0 bridgehead atoms. The largest absolute Gasteiger partial charge is 0.507 e. The number of methoxy groups -OCH3 is 1. The molecule has 0 amide bonds. The third kappa shape index (κ3) is 2.43. The molecule has 3 N–H and O–H groups in total. The minimum Gasteiger partial charge on any atom is -0.507 e. The van der Waals surface area contributed by atoms with Crippen LogP contribution in [-0.2, 0) is 9.53 Å². The molecule has 0 aromatic heterocycles. The lowest BCUT2D eigenvalue weighted by molar-refractivity contribution is -0.150. The van der Waals surface area contributed by atoms with Gasteiger partial charge in [-0.1, -0.05) is 19.1 Å². The van der Waals surface area contributed by atoms with Crippen molar-refractivity contribution in [2.24, 2.45) is 0 Å². The second kappa shape index (κ2) is 6.50. The molecule has 0 radical (unpaired) electrons. The van der Waals surface area contributed by atoms with E-state index in [4.69, 9.17) is 4.74 Å². The molecule has 0 heterocycles. The summed E-state index contributed by atoms with van der Waals surface area (Å²) in [6, 6.07) is 5.19. The van der Waals surface area contributed by atoms with E-state index in [9.17, 15) is 34.5 Å². The summed E-state index contributed by atoms with van der Waals surface area (Å²) in [5, 5.41) is 31.9. The topological polar surface area (TPSA) is 138 Å². The number of hydrogen-bond donors (Lipinski definition) is 3. The summed E-state index contributed by atoms with van der Waals surface area (Å²) < 4.78 is 4.81. The van der Waals surface area contributed by atoms with Gasteiger partial charge in [0.1, 0.15) is 17.4 Å². The van der Waals surface area contributed by atoms with E-state index in [2.05, 4.69) is 0 Å². The number of phenols is 2. The predicted molar refractivity (Wildman–Crippen MR) is 102 cm³/mol. The molecule has 4 rings (SSSR count). The standard InChI is InChI=1S/C22H18O8/c1-3-22(29)8-13(24)15-10(17(22)21(28)30-2)7-11-16(20(15)27)19(26)14-9(18(11)25)5-4-6-12(14)23/h4-7,17,23,27,29H,3,8H2,1-2H3/t17-,22+/m0/s1. The molecule has 0 spiro atoms. The maximum Gasteiger partial charge on any atom is 0.316 e. The summed E-state index contributed by atoms with van der Waals surface area (Å²) in [5.41, 5.74) is -3.08. The van der Waals surface area contributed by atoms with Gasteiger partial charge in [0, 0.05) is 17.5 Å². The van der Waals surface area contributed by atoms with Crippen molar-refractivity contribution < 1.29 is 39.2 Å². The van der Waals surface area contributed by atoms with Crippen LogP contribution in [0.1, 0.15) is 73.4 Å². The molecule has 154 valence electrons. The van der Waals surface area contributed by atoms with E-state index in [0.717, 1.165) is 7.11 Å². The Morgan fingerprint density at radius 3 is 2.43 bits per heavy atom. The molecule has 0 unspecified atom stereocenters. The summed E-state index contributed by atoms with van der Waals surface area (Å²) in [4.78, 5) is 51.4. The van der Waals surface area contributed by atoms with Crippen LogP contribution in [0.15, 0.2) is 24.3 Å². The van der Waals surface area contributed by atoms with Crippen molar-refractivity contribution in [1.82, 2.24) is 0 Å². The van der Waals surface area contributed by atoms with Gasteiger partial charge in [0.25, 0.3) is 0 Å². The molecule has 2 aromatic rings. The van der Waals surface area contributed by atoms with Crippen LogP contribution in [0.5, 0.6) is 11.5 Å². The summed E-state index contributed by atoms with van der Waals surface area (Å²) in [7, 11) is 1.13. The fourth-order valence-electron chi connectivity index (χ4n) is 4.41. The molecule has 2 aromatic carbocycles. The van der Waals surface area contributed by atoms with Crippen LogP contribution in [-0.4, -0.2) is 51.3 Å². The highest BCUT2D eigenvalue weighted by Crippen LogP contribution is 2.48. The molecule has 30 heavy (non-hydrogen) atoms. The van der Waals surface area contributed by atoms with E-state index in [1.165, 1.54) is 24.3 Å². The lowest BCUT2D eigenvalue weighted by Gasteiger charge is -2.39. The van der Waals surface area contributed by atoms with Crippen molar-refractivity contribution in [1.29, 1.82) is 0 Å². The van der Waals surface area contributed by atoms with Crippen molar-refractivity contribution in [3.8, 4) is 11.5 Å². The quantitative estimate of drug-likeness (QED) is 0.544. The highest BCUT2D eigenvalue weighted by atomic mass is 16.5. The highest BCUT2D eigenvalue weighted by molar-refractivity contribution is 6.31. The molecule has 2 aliphatic carbocycles. The van der Waals surface area contributed by atoms with Gasteiger partial charge in [0.05, 0.1) is 29.4 Å². The second-order valence-electron chi connectivity index (χ2n) is 7.48. The lowest BCUT2D eigenvalue weighted by atomic mass is 9.67. The van der Waals surface area contributed by atoms with Gasteiger partial charge in [-0.3, -0.25) is 19.2 Å². The SMILES string of the molecule is CC[C@@]1(O)CC(=O)c2c(cc3c(c2O)C(=O)c2c(O)cccc2C3=O)[C@H]1C(=O)OC. The Balaban J connectivity index is 2.06. The van der Waals surface area contributed by atoms with E-state index in [1.54, 1.807) is 6.92 Å². The minimum absolute atomic E-state index is 0.0410. The number of aromatic hydroxyl groups is 2. The van der Waals surface area contributed by atoms with Gasteiger partial charge < -0.3 is 20.1 Å². The maximum atomic E-state index is 13.1. The predicted octanol–water partition coefficient (Wildman–Crippen LogP) is 1.86. The van der Waals surface area contributed by atoms with E-state index in [1.807, 2.05) is 0 Å². The van der Waals surface area contributed by atoms with E-state index in [-0.39, 0.29) is 34.2 Å². The number of aliphatic hydroxyl groups is 1. The van der Waals surface area contributed by atoms with Crippen LogP contribution < -0.4 is 0 Å². The number of phenolic OH excluding ortho intramolecular Hbond substituents is 2. The number of Topliss-reactive ketones (excluding diaryl/α,β-unsaturated/α-hetero) is 1. The molecule has 2 atom stereocenters. The zero-order valence-corrected chi connectivity index (χ0v) is 16.2. The van der Waals surface area contributed by atoms with Crippen molar-refractivity contribution in [2.75, 3.05) is 7.11 Å². The van der Waals surface area contributed by atoms with Gasteiger partial charge >= 0.3 is 5.97 Å². The van der Waals surface area contributed by atoms with Crippen molar-refractivity contribution in [3.05, 3.63) is 57.6 Å². The number of carbonyl (C=O) groups is 4. The Hall–Kier alpha value is -3.52.